The summed E-state index contributed by atoms with van der Waals surface area (Å²) >= 11 is 0. The molecule has 0 saturated carbocycles. The second-order valence-corrected chi connectivity index (χ2v) is 5.42. The lowest BCUT2D eigenvalue weighted by Gasteiger charge is -2.17. The lowest BCUT2D eigenvalue weighted by molar-refractivity contribution is 0.630. The lowest BCUT2D eigenvalue weighted by Crippen LogP contribution is -2.09. The Kier molecular flexibility index (Phi) is 3.57. The van der Waals surface area contributed by atoms with E-state index in [1.807, 2.05) is 19.1 Å². The molecule has 106 valence electrons. The SMILES string of the molecule is Cc1ccc(Nc2nc3c(cc2C#N)CCCC3)c(F)c1. The smallest absolute Gasteiger partial charge is 0.148 e. The fourth-order valence-corrected chi connectivity index (χ4v) is 2.66. The van der Waals surface area contributed by atoms with Crippen molar-refractivity contribution in [3.8, 4) is 6.07 Å². The van der Waals surface area contributed by atoms with Gasteiger partial charge in [-0.15, -0.1) is 0 Å². The summed E-state index contributed by atoms with van der Waals surface area (Å²) in [5.74, 6) is 0.110. The Morgan fingerprint density at radius 3 is 2.81 bits per heavy atom. The van der Waals surface area contributed by atoms with Gasteiger partial charge in [0.25, 0.3) is 0 Å². The average Bonchev–Trinajstić information content (AvgIpc) is 2.49. The molecule has 1 heterocycles. The van der Waals surface area contributed by atoms with Gasteiger partial charge in [-0.1, -0.05) is 6.07 Å². The van der Waals surface area contributed by atoms with Crippen molar-refractivity contribution in [1.82, 2.24) is 4.98 Å². The second-order valence-electron chi connectivity index (χ2n) is 5.42. The molecule has 1 aliphatic carbocycles. The number of nitriles is 1. The van der Waals surface area contributed by atoms with Crippen molar-refractivity contribution in [3.05, 3.63) is 52.5 Å². The van der Waals surface area contributed by atoms with Crippen LogP contribution in [0.2, 0.25) is 0 Å². The standard InChI is InChI=1S/C17H16FN3/c1-11-6-7-16(14(18)8-11)21-17-13(10-19)9-12-4-2-3-5-15(12)20-17/h6-9H,2-5H2,1H3,(H,20,21). The van der Waals surface area contributed by atoms with Crippen molar-refractivity contribution >= 4 is 11.5 Å². The molecule has 1 aromatic heterocycles. The van der Waals surface area contributed by atoms with Crippen LogP contribution in [0, 0.1) is 24.1 Å². The molecule has 1 aromatic carbocycles. The maximum Gasteiger partial charge on any atom is 0.148 e. The first-order chi connectivity index (χ1) is 10.2. The molecular weight excluding hydrogens is 265 g/mol. The molecule has 0 unspecified atom stereocenters. The number of hydrogen-bond acceptors (Lipinski definition) is 3. The van der Waals surface area contributed by atoms with Gasteiger partial charge in [0.1, 0.15) is 17.7 Å². The van der Waals surface area contributed by atoms with Crippen molar-refractivity contribution in [2.24, 2.45) is 0 Å². The zero-order valence-corrected chi connectivity index (χ0v) is 11.9. The third-order valence-corrected chi connectivity index (χ3v) is 3.80. The van der Waals surface area contributed by atoms with Crippen LogP contribution in [0.15, 0.2) is 24.3 Å². The van der Waals surface area contributed by atoms with Gasteiger partial charge in [0, 0.05) is 5.69 Å². The highest BCUT2D eigenvalue weighted by Gasteiger charge is 2.16. The number of aryl methyl sites for hydroxylation is 3. The zero-order valence-electron chi connectivity index (χ0n) is 11.9. The molecule has 4 heteroatoms. The molecule has 2 aromatic rings. The fraction of sp³-hybridized carbons (Fsp3) is 0.294. The maximum absolute atomic E-state index is 13.9. The van der Waals surface area contributed by atoms with E-state index in [0.29, 0.717) is 17.1 Å². The second kappa shape index (κ2) is 5.53. The number of hydrogen-bond donors (Lipinski definition) is 1. The van der Waals surface area contributed by atoms with E-state index in [1.165, 1.54) is 6.07 Å². The number of pyridine rings is 1. The van der Waals surface area contributed by atoms with Crippen molar-refractivity contribution in [3.63, 3.8) is 0 Å². The van der Waals surface area contributed by atoms with Gasteiger partial charge in [0.2, 0.25) is 0 Å². The molecule has 0 amide bonds. The van der Waals surface area contributed by atoms with E-state index in [4.69, 9.17) is 0 Å². The first-order valence-corrected chi connectivity index (χ1v) is 7.13. The summed E-state index contributed by atoms with van der Waals surface area (Å²) in [7, 11) is 0. The molecule has 1 aliphatic rings. The maximum atomic E-state index is 13.9. The molecule has 0 fully saturated rings. The molecular formula is C17H16FN3. The van der Waals surface area contributed by atoms with Crippen LogP contribution in [0.4, 0.5) is 15.9 Å². The molecule has 0 saturated heterocycles. The highest BCUT2D eigenvalue weighted by atomic mass is 19.1. The first-order valence-electron chi connectivity index (χ1n) is 7.13. The van der Waals surface area contributed by atoms with E-state index < -0.39 is 0 Å². The van der Waals surface area contributed by atoms with E-state index in [1.54, 1.807) is 6.07 Å². The number of aromatic nitrogens is 1. The van der Waals surface area contributed by atoms with Gasteiger partial charge >= 0.3 is 0 Å². The molecule has 0 spiro atoms. The van der Waals surface area contributed by atoms with Crippen LogP contribution < -0.4 is 5.32 Å². The Hall–Kier alpha value is -2.41. The monoisotopic (exact) mass is 281 g/mol. The minimum atomic E-state index is -0.335. The summed E-state index contributed by atoms with van der Waals surface area (Å²) in [6.07, 6.45) is 4.14. The number of nitrogens with one attached hydrogen (secondary N) is 1. The number of rotatable bonds is 2. The zero-order chi connectivity index (χ0) is 14.8. The third kappa shape index (κ3) is 2.73. The normalized spacial score (nSPS) is 13.4. The van der Waals surface area contributed by atoms with Crippen LogP contribution in [0.5, 0.6) is 0 Å². The minimum absolute atomic E-state index is 0.335. The molecule has 0 aliphatic heterocycles. The topological polar surface area (TPSA) is 48.7 Å². The Balaban J connectivity index is 1.99. The predicted octanol–water partition coefficient (Wildman–Crippen LogP) is 4.02. The van der Waals surface area contributed by atoms with Gasteiger partial charge in [-0.2, -0.15) is 5.26 Å². The molecule has 1 N–H and O–H groups in total. The molecule has 21 heavy (non-hydrogen) atoms. The molecule has 3 rings (SSSR count). The van der Waals surface area contributed by atoms with Gasteiger partial charge in [-0.05, 0) is 61.9 Å². The Morgan fingerprint density at radius 2 is 2.05 bits per heavy atom. The van der Waals surface area contributed by atoms with Gasteiger partial charge in [0.15, 0.2) is 0 Å². The summed E-state index contributed by atoms with van der Waals surface area (Å²) in [5.41, 5.74) is 3.84. The molecule has 0 radical (unpaired) electrons. The van der Waals surface area contributed by atoms with Crippen LogP contribution in [-0.2, 0) is 12.8 Å². The van der Waals surface area contributed by atoms with E-state index in [2.05, 4.69) is 16.4 Å². The van der Waals surface area contributed by atoms with Crippen molar-refractivity contribution in [1.29, 1.82) is 5.26 Å². The fourth-order valence-electron chi connectivity index (χ4n) is 2.66. The Labute approximate surface area is 123 Å². The number of benzene rings is 1. The van der Waals surface area contributed by atoms with Crippen molar-refractivity contribution in [2.75, 3.05) is 5.32 Å². The molecule has 0 bridgehead atoms. The largest absolute Gasteiger partial charge is 0.337 e. The number of anilines is 2. The van der Waals surface area contributed by atoms with Crippen molar-refractivity contribution < 1.29 is 4.39 Å². The predicted molar refractivity (Wildman–Crippen MR) is 80.0 cm³/mol. The van der Waals surface area contributed by atoms with E-state index >= 15 is 0 Å². The quantitative estimate of drug-likeness (QED) is 0.904. The highest BCUT2D eigenvalue weighted by molar-refractivity contribution is 5.64. The first kappa shape index (κ1) is 13.6. The van der Waals surface area contributed by atoms with Gasteiger partial charge in [-0.25, -0.2) is 9.37 Å². The lowest BCUT2D eigenvalue weighted by atomic mass is 9.95. The van der Waals surface area contributed by atoms with Gasteiger partial charge in [-0.3, -0.25) is 0 Å². The Bertz CT molecular complexity index is 732. The van der Waals surface area contributed by atoms with Crippen LogP contribution in [-0.4, -0.2) is 4.98 Å². The van der Waals surface area contributed by atoms with E-state index in [-0.39, 0.29) is 5.82 Å². The Morgan fingerprint density at radius 1 is 1.24 bits per heavy atom. The summed E-state index contributed by atoms with van der Waals surface area (Å²) in [5, 5.41) is 12.2. The average molecular weight is 281 g/mol. The number of fused-ring (bicyclic) bond motifs is 1. The van der Waals surface area contributed by atoms with Crippen LogP contribution >= 0.6 is 0 Å². The van der Waals surface area contributed by atoms with Crippen LogP contribution in [0.25, 0.3) is 0 Å². The summed E-state index contributed by atoms with van der Waals surface area (Å²) < 4.78 is 13.9. The molecule has 3 nitrogen and oxygen atoms in total. The third-order valence-electron chi connectivity index (χ3n) is 3.80. The molecule has 0 atom stereocenters. The highest BCUT2D eigenvalue weighted by Crippen LogP contribution is 2.27. The van der Waals surface area contributed by atoms with Crippen LogP contribution in [0.3, 0.4) is 0 Å². The van der Waals surface area contributed by atoms with Gasteiger partial charge < -0.3 is 5.32 Å². The van der Waals surface area contributed by atoms with E-state index in [0.717, 1.165) is 42.5 Å². The number of halogens is 1. The summed E-state index contributed by atoms with van der Waals surface area (Å²) in [4.78, 5) is 4.54. The number of nitrogens with zero attached hydrogens (tertiary/aromatic N) is 2. The van der Waals surface area contributed by atoms with Crippen LogP contribution in [0.1, 0.15) is 35.2 Å². The van der Waals surface area contributed by atoms with Crippen molar-refractivity contribution in [2.45, 2.75) is 32.6 Å². The van der Waals surface area contributed by atoms with E-state index in [9.17, 15) is 9.65 Å². The summed E-state index contributed by atoms with van der Waals surface area (Å²) in [6, 6.07) is 9.00. The summed E-state index contributed by atoms with van der Waals surface area (Å²) in [6.45, 7) is 1.84. The van der Waals surface area contributed by atoms with Gasteiger partial charge in [0.05, 0.1) is 11.3 Å². The minimum Gasteiger partial charge on any atom is -0.337 e.